The van der Waals surface area contributed by atoms with E-state index in [1.807, 2.05) is 71.7 Å². The monoisotopic (exact) mass is 288 g/mol. The summed E-state index contributed by atoms with van der Waals surface area (Å²) in [7, 11) is 0. The molecule has 3 heteroatoms. The largest absolute Gasteiger partial charge is 0.508 e. The van der Waals surface area contributed by atoms with Gasteiger partial charge in [0, 0.05) is 0 Å². The highest BCUT2D eigenvalue weighted by Crippen LogP contribution is 2.25. The number of hydrazone groups is 1. The molecule has 0 amide bonds. The Balaban J connectivity index is 1.96. The van der Waals surface area contributed by atoms with Gasteiger partial charge < -0.3 is 5.11 Å². The van der Waals surface area contributed by atoms with Crippen LogP contribution in [0.5, 0.6) is 5.75 Å². The molecule has 0 aromatic heterocycles. The third-order valence-corrected chi connectivity index (χ3v) is 3.19. The lowest BCUT2D eigenvalue weighted by Crippen LogP contribution is -2.09. The Morgan fingerprint density at radius 1 is 0.727 bits per heavy atom. The van der Waals surface area contributed by atoms with E-state index in [1.54, 1.807) is 24.4 Å². The zero-order valence-electron chi connectivity index (χ0n) is 12.0. The molecule has 0 saturated carbocycles. The van der Waals surface area contributed by atoms with Crippen LogP contribution < -0.4 is 5.01 Å². The summed E-state index contributed by atoms with van der Waals surface area (Å²) in [6, 6.07) is 26.9. The Kier molecular flexibility index (Phi) is 4.16. The summed E-state index contributed by atoms with van der Waals surface area (Å²) in [6.07, 6.45) is 1.74. The van der Waals surface area contributed by atoms with Crippen molar-refractivity contribution in [2.75, 3.05) is 5.01 Å². The average Bonchev–Trinajstić information content (AvgIpc) is 2.57. The summed E-state index contributed by atoms with van der Waals surface area (Å²) in [6.45, 7) is 0. The summed E-state index contributed by atoms with van der Waals surface area (Å²) in [4.78, 5) is 0. The van der Waals surface area contributed by atoms with Crippen molar-refractivity contribution in [1.82, 2.24) is 0 Å². The molecule has 0 saturated heterocycles. The first-order valence-electron chi connectivity index (χ1n) is 7.06. The molecule has 0 radical (unpaired) electrons. The Bertz CT molecular complexity index is 715. The Hall–Kier alpha value is -3.07. The first-order chi connectivity index (χ1) is 10.8. The predicted molar refractivity (Wildman–Crippen MR) is 90.7 cm³/mol. The first kappa shape index (κ1) is 13.9. The Morgan fingerprint density at radius 3 is 1.86 bits per heavy atom. The molecule has 0 aliphatic carbocycles. The molecule has 108 valence electrons. The Labute approximate surface area is 129 Å². The smallest absolute Gasteiger partial charge is 0.116 e. The van der Waals surface area contributed by atoms with E-state index in [9.17, 15) is 5.11 Å². The van der Waals surface area contributed by atoms with Crippen LogP contribution in [0.3, 0.4) is 0 Å². The summed E-state index contributed by atoms with van der Waals surface area (Å²) in [5, 5.41) is 16.0. The lowest BCUT2D eigenvalue weighted by molar-refractivity contribution is 0.475. The van der Waals surface area contributed by atoms with E-state index >= 15 is 0 Å². The predicted octanol–water partition coefficient (Wildman–Crippen LogP) is 4.56. The molecule has 3 aromatic rings. The minimum atomic E-state index is 0.231. The number of aromatic hydroxyl groups is 1. The van der Waals surface area contributed by atoms with Crippen LogP contribution in [0, 0.1) is 0 Å². The molecule has 0 bridgehead atoms. The van der Waals surface area contributed by atoms with Gasteiger partial charge in [-0.2, -0.15) is 5.10 Å². The number of hydrogen-bond donors (Lipinski definition) is 1. The lowest BCUT2D eigenvalue weighted by atomic mass is 10.2. The molecule has 22 heavy (non-hydrogen) atoms. The van der Waals surface area contributed by atoms with Crippen LogP contribution in [0.2, 0.25) is 0 Å². The van der Waals surface area contributed by atoms with E-state index in [-0.39, 0.29) is 5.75 Å². The third kappa shape index (κ3) is 3.33. The molecule has 0 spiro atoms. The van der Waals surface area contributed by atoms with Crippen molar-refractivity contribution in [2.24, 2.45) is 5.10 Å². The van der Waals surface area contributed by atoms with E-state index in [2.05, 4.69) is 5.10 Å². The highest BCUT2D eigenvalue weighted by Gasteiger charge is 2.06. The summed E-state index contributed by atoms with van der Waals surface area (Å²) < 4.78 is 0. The van der Waals surface area contributed by atoms with Gasteiger partial charge in [-0.05, 0) is 42.0 Å². The van der Waals surface area contributed by atoms with Crippen LogP contribution in [-0.4, -0.2) is 11.3 Å². The van der Waals surface area contributed by atoms with Crippen LogP contribution in [0.25, 0.3) is 0 Å². The minimum absolute atomic E-state index is 0.231. The molecule has 3 rings (SSSR count). The fraction of sp³-hybridized carbons (Fsp3) is 0. The summed E-state index contributed by atoms with van der Waals surface area (Å²) in [5.74, 6) is 0.231. The Morgan fingerprint density at radius 2 is 1.32 bits per heavy atom. The third-order valence-electron chi connectivity index (χ3n) is 3.19. The van der Waals surface area contributed by atoms with Crippen LogP contribution in [0.15, 0.2) is 90.0 Å². The van der Waals surface area contributed by atoms with Gasteiger partial charge >= 0.3 is 0 Å². The summed E-state index contributed by atoms with van der Waals surface area (Å²) in [5.41, 5.74) is 2.80. The molecule has 0 fully saturated rings. The van der Waals surface area contributed by atoms with Crippen LogP contribution in [0.4, 0.5) is 11.4 Å². The van der Waals surface area contributed by atoms with Crippen molar-refractivity contribution in [1.29, 1.82) is 0 Å². The molecule has 0 atom stereocenters. The zero-order chi connectivity index (χ0) is 15.2. The van der Waals surface area contributed by atoms with Gasteiger partial charge in [0.05, 0.1) is 17.6 Å². The maximum Gasteiger partial charge on any atom is 0.116 e. The summed E-state index contributed by atoms with van der Waals surface area (Å²) >= 11 is 0. The number of anilines is 2. The fourth-order valence-electron chi connectivity index (χ4n) is 2.15. The minimum Gasteiger partial charge on any atom is -0.508 e. The normalized spacial score (nSPS) is 10.7. The van der Waals surface area contributed by atoms with Gasteiger partial charge in [-0.25, -0.2) is 5.01 Å². The SMILES string of the molecule is Oc1cccc(/C=N/N(c2ccccc2)c2ccccc2)c1. The first-order valence-corrected chi connectivity index (χ1v) is 7.06. The molecule has 0 aliphatic rings. The quantitative estimate of drug-likeness (QED) is 0.564. The van der Waals surface area contributed by atoms with Crippen molar-refractivity contribution in [3.05, 3.63) is 90.5 Å². The highest BCUT2D eigenvalue weighted by molar-refractivity contribution is 5.82. The van der Waals surface area contributed by atoms with Gasteiger partial charge in [-0.1, -0.05) is 48.5 Å². The van der Waals surface area contributed by atoms with E-state index in [1.165, 1.54) is 0 Å². The number of hydrogen-bond acceptors (Lipinski definition) is 3. The number of rotatable bonds is 4. The molecule has 0 aliphatic heterocycles. The van der Waals surface area contributed by atoms with Gasteiger partial charge in [0.25, 0.3) is 0 Å². The van der Waals surface area contributed by atoms with Gasteiger partial charge in [0.15, 0.2) is 0 Å². The standard InChI is InChI=1S/C19H16N2O/c22-19-13-7-8-16(14-19)15-20-21(17-9-3-1-4-10-17)18-11-5-2-6-12-18/h1-15,22H/b20-15+. The second-order valence-electron chi connectivity index (χ2n) is 4.82. The zero-order valence-corrected chi connectivity index (χ0v) is 12.0. The highest BCUT2D eigenvalue weighted by atomic mass is 16.3. The van der Waals surface area contributed by atoms with Crippen molar-refractivity contribution < 1.29 is 5.11 Å². The molecule has 0 heterocycles. The van der Waals surface area contributed by atoms with Crippen molar-refractivity contribution in [3.63, 3.8) is 0 Å². The maximum atomic E-state index is 9.54. The number of nitrogens with zero attached hydrogens (tertiary/aromatic N) is 2. The fourth-order valence-corrected chi connectivity index (χ4v) is 2.15. The van der Waals surface area contributed by atoms with E-state index < -0.39 is 0 Å². The van der Waals surface area contributed by atoms with Crippen molar-refractivity contribution >= 4 is 17.6 Å². The lowest BCUT2D eigenvalue weighted by Gasteiger charge is -2.19. The van der Waals surface area contributed by atoms with Gasteiger partial charge in [-0.3, -0.25) is 0 Å². The molecular formula is C19H16N2O. The maximum absolute atomic E-state index is 9.54. The van der Waals surface area contributed by atoms with Crippen LogP contribution in [-0.2, 0) is 0 Å². The molecule has 1 N–H and O–H groups in total. The van der Waals surface area contributed by atoms with Crippen molar-refractivity contribution in [3.8, 4) is 5.75 Å². The van der Waals surface area contributed by atoms with Crippen molar-refractivity contribution in [2.45, 2.75) is 0 Å². The van der Waals surface area contributed by atoms with Crippen LogP contribution in [0.1, 0.15) is 5.56 Å². The van der Waals surface area contributed by atoms with Gasteiger partial charge in [-0.15, -0.1) is 0 Å². The second kappa shape index (κ2) is 6.59. The second-order valence-corrected chi connectivity index (χ2v) is 4.82. The average molecular weight is 288 g/mol. The van der Waals surface area contributed by atoms with Crippen LogP contribution >= 0.6 is 0 Å². The number of benzene rings is 3. The van der Waals surface area contributed by atoms with Gasteiger partial charge in [0.1, 0.15) is 5.75 Å². The number of phenolic OH excluding ortho intramolecular Hbond substituents is 1. The van der Waals surface area contributed by atoms with E-state index in [0.717, 1.165) is 16.9 Å². The molecular weight excluding hydrogens is 272 g/mol. The van der Waals surface area contributed by atoms with E-state index in [4.69, 9.17) is 0 Å². The number of para-hydroxylation sites is 2. The molecule has 0 unspecified atom stereocenters. The van der Waals surface area contributed by atoms with E-state index in [0.29, 0.717) is 0 Å². The molecule has 3 aromatic carbocycles. The van der Waals surface area contributed by atoms with Gasteiger partial charge in [0.2, 0.25) is 0 Å². The molecule has 3 nitrogen and oxygen atoms in total. The number of phenols is 1. The topological polar surface area (TPSA) is 35.8 Å².